The quantitative estimate of drug-likeness (QED) is 0.749. The number of likely N-dealkylation sites (tertiary alicyclic amines) is 1. The number of nitrogens with zero attached hydrogens (tertiary/aromatic N) is 1. The molecule has 0 spiro atoms. The molecular weight excluding hydrogens is 176 g/mol. The minimum atomic E-state index is 0.470. The van der Waals surface area contributed by atoms with E-state index in [2.05, 4.69) is 4.90 Å². The van der Waals surface area contributed by atoms with E-state index in [-0.39, 0.29) is 0 Å². The van der Waals surface area contributed by atoms with E-state index >= 15 is 0 Å². The molecule has 1 atom stereocenters. The molecular formula is C11H20N2O. The average molecular weight is 196 g/mol. The van der Waals surface area contributed by atoms with Crippen molar-refractivity contribution in [1.82, 2.24) is 4.90 Å². The SMILES string of the molecule is N=C1CCCN1CCC1CCCCO1. The van der Waals surface area contributed by atoms with Crippen LogP contribution in [0.15, 0.2) is 0 Å². The van der Waals surface area contributed by atoms with Crippen LogP contribution in [0.1, 0.15) is 38.5 Å². The summed E-state index contributed by atoms with van der Waals surface area (Å²) < 4.78 is 5.68. The molecule has 0 aromatic rings. The van der Waals surface area contributed by atoms with Crippen molar-refractivity contribution >= 4 is 5.84 Å². The molecule has 0 aromatic carbocycles. The van der Waals surface area contributed by atoms with Crippen molar-refractivity contribution in [1.29, 1.82) is 5.41 Å². The normalized spacial score (nSPS) is 28.4. The molecule has 2 fully saturated rings. The van der Waals surface area contributed by atoms with Gasteiger partial charge in [0, 0.05) is 26.1 Å². The second-order valence-electron chi connectivity index (χ2n) is 4.31. The summed E-state index contributed by atoms with van der Waals surface area (Å²) in [6.07, 6.45) is 7.51. The van der Waals surface area contributed by atoms with E-state index in [9.17, 15) is 0 Å². The van der Waals surface area contributed by atoms with Gasteiger partial charge in [-0.1, -0.05) is 0 Å². The topological polar surface area (TPSA) is 36.3 Å². The molecule has 1 N–H and O–H groups in total. The summed E-state index contributed by atoms with van der Waals surface area (Å²) in [7, 11) is 0. The molecule has 0 radical (unpaired) electrons. The highest BCUT2D eigenvalue weighted by atomic mass is 16.5. The standard InChI is InChI=1S/C11H20N2O/c12-11-5-3-7-13(11)8-6-10-4-1-2-9-14-10/h10,12H,1-9H2. The molecule has 0 saturated carbocycles. The van der Waals surface area contributed by atoms with Gasteiger partial charge in [0.15, 0.2) is 0 Å². The molecule has 1 unspecified atom stereocenters. The Balaban J connectivity index is 1.68. The second-order valence-corrected chi connectivity index (χ2v) is 4.31. The van der Waals surface area contributed by atoms with Gasteiger partial charge in [0.1, 0.15) is 0 Å². The summed E-state index contributed by atoms with van der Waals surface area (Å²) >= 11 is 0. The first-order valence-electron chi connectivity index (χ1n) is 5.80. The van der Waals surface area contributed by atoms with Gasteiger partial charge in [0.05, 0.1) is 11.9 Å². The van der Waals surface area contributed by atoms with E-state index in [0.29, 0.717) is 6.10 Å². The van der Waals surface area contributed by atoms with E-state index < -0.39 is 0 Å². The van der Waals surface area contributed by atoms with Gasteiger partial charge in [-0.25, -0.2) is 0 Å². The van der Waals surface area contributed by atoms with E-state index in [4.69, 9.17) is 10.1 Å². The van der Waals surface area contributed by atoms with Crippen molar-refractivity contribution in [3.63, 3.8) is 0 Å². The third kappa shape index (κ3) is 2.47. The van der Waals surface area contributed by atoms with Gasteiger partial charge < -0.3 is 9.64 Å². The zero-order chi connectivity index (χ0) is 9.80. The third-order valence-electron chi connectivity index (χ3n) is 3.22. The van der Waals surface area contributed by atoms with Gasteiger partial charge in [-0.05, 0) is 32.1 Å². The minimum Gasteiger partial charge on any atom is -0.378 e. The Morgan fingerprint density at radius 2 is 2.29 bits per heavy atom. The van der Waals surface area contributed by atoms with Gasteiger partial charge in [-0.2, -0.15) is 0 Å². The summed E-state index contributed by atoms with van der Waals surface area (Å²) in [6.45, 7) is 3.07. The highest BCUT2D eigenvalue weighted by Gasteiger charge is 2.19. The Kier molecular flexibility index (Phi) is 3.40. The minimum absolute atomic E-state index is 0.470. The molecule has 2 aliphatic rings. The first-order valence-corrected chi connectivity index (χ1v) is 5.80. The lowest BCUT2D eigenvalue weighted by atomic mass is 10.1. The van der Waals surface area contributed by atoms with Crippen LogP contribution >= 0.6 is 0 Å². The Hall–Kier alpha value is -0.570. The van der Waals surface area contributed by atoms with Gasteiger partial charge in [-0.15, -0.1) is 0 Å². The van der Waals surface area contributed by atoms with Crippen LogP contribution in [0.2, 0.25) is 0 Å². The summed E-state index contributed by atoms with van der Waals surface area (Å²) in [5.41, 5.74) is 0. The predicted octanol–water partition coefficient (Wildman–Crippen LogP) is 2.02. The van der Waals surface area contributed by atoms with Gasteiger partial charge in [0.25, 0.3) is 0 Å². The Bertz CT molecular complexity index is 199. The highest BCUT2D eigenvalue weighted by Crippen LogP contribution is 2.17. The summed E-state index contributed by atoms with van der Waals surface area (Å²) in [5.74, 6) is 0.834. The molecule has 0 bridgehead atoms. The van der Waals surface area contributed by atoms with E-state index in [1.54, 1.807) is 0 Å². The van der Waals surface area contributed by atoms with Crippen molar-refractivity contribution < 1.29 is 4.74 Å². The smallest absolute Gasteiger partial charge is 0.0958 e. The van der Waals surface area contributed by atoms with Crippen LogP contribution < -0.4 is 0 Å². The molecule has 2 heterocycles. The van der Waals surface area contributed by atoms with Crippen LogP contribution in [-0.4, -0.2) is 36.5 Å². The van der Waals surface area contributed by atoms with Crippen LogP contribution in [0.25, 0.3) is 0 Å². The lowest BCUT2D eigenvalue weighted by Gasteiger charge is -2.25. The first kappa shape index (κ1) is 9.97. The summed E-state index contributed by atoms with van der Waals surface area (Å²) in [5, 5.41) is 7.71. The first-order chi connectivity index (χ1) is 6.86. The zero-order valence-electron chi connectivity index (χ0n) is 8.80. The lowest BCUT2D eigenvalue weighted by Crippen LogP contribution is -2.30. The van der Waals surface area contributed by atoms with E-state index in [1.165, 1.54) is 25.7 Å². The molecule has 2 saturated heterocycles. The van der Waals surface area contributed by atoms with Crippen molar-refractivity contribution in [3.05, 3.63) is 0 Å². The van der Waals surface area contributed by atoms with Gasteiger partial charge >= 0.3 is 0 Å². The van der Waals surface area contributed by atoms with Crippen LogP contribution in [0.3, 0.4) is 0 Å². The Morgan fingerprint density at radius 3 is 2.93 bits per heavy atom. The van der Waals surface area contributed by atoms with Crippen molar-refractivity contribution in [3.8, 4) is 0 Å². The molecule has 0 aliphatic carbocycles. The maximum atomic E-state index is 7.71. The van der Waals surface area contributed by atoms with E-state index in [1.807, 2.05) is 0 Å². The lowest BCUT2D eigenvalue weighted by molar-refractivity contribution is 0.00870. The largest absolute Gasteiger partial charge is 0.378 e. The molecule has 2 rings (SSSR count). The van der Waals surface area contributed by atoms with Crippen LogP contribution in [0.5, 0.6) is 0 Å². The molecule has 80 valence electrons. The molecule has 2 aliphatic heterocycles. The molecule has 0 amide bonds. The molecule has 0 aromatic heterocycles. The van der Waals surface area contributed by atoms with E-state index in [0.717, 1.165) is 38.4 Å². The highest BCUT2D eigenvalue weighted by molar-refractivity contribution is 5.80. The van der Waals surface area contributed by atoms with Crippen molar-refractivity contribution in [2.24, 2.45) is 0 Å². The fraction of sp³-hybridized carbons (Fsp3) is 0.909. The van der Waals surface area contributed by atoms with Crippen LogP contribution in [0, 0.1) is 5.41 Å². The second kappa shape index (κ2) is 4.78. The number of nitrogens with one attached hydrogen (secondary N) is 1. The zero-order valence-corrected chi connectivity index (χ0v) is 8.80. The average Bonchev–Trinajstić information content (AvgIpc) is 2.63. The van der Waals surface area contributed by atoms with Crippen molar-refractivity contribution in [2.75, 3.05) is 19.7 Å². The summed E-state index contributed by atoms with van der Waals surface area (Å²) in [6, 6.07) is 0. The van der Waals surface area contributed by atoms with Crippen LogP contribution in [0.4, 0.5) is 0 Å². The number of amidine groups is 1. The van der Waals surface area contributed by atoms with Crippen molar-refractivity contribution in [2.45, 2.75) is 44.6 Å². The molecule has 14 heavy (non-hydrogen) atoms. The Labute approximate surface area is 85.9 Å². The fourth-order valence-corrected chi connectivity index (χ4v) is 2.31. The summed E-state index contributed by atoms with van der Waals surface area (Å²) in [4.78, 5) is 2.21. The van der Waals surface area contributed by atoms with Gasteiger partial charge in [-0.3, -0.25) is 5.41 Å². The molecule has 3 heteroatoms. The number of hydrogen-bond donors (Lipinski definition) is 1. The Morgan fingerprint density at radius 1 is 1.36 bits per heavy atom. The number of hydrogen-bond acceptors (Lipinski definition) is 2. The van der Waals surface area contributed by atoms with Gasteiger partial charge in [0.2, 0.25) is 0 Å². The third-order valence-corrected chi connectivity index (χ3v) is 3.22. The number of ether oxygens (including phenoxy) is 1. The maximum Gasteiger partial charge on any atom is 0.0958 e. The predicted molar refractivity (Wildman–Crippen MR) is 56.7 cm³/mol. The number of rotatable bonds is 3. The monoisotopic (exact) mass is 196 g/mol. The molecule has 3 nitrogen and oxygen atoms in total. The maximum absolute atomic E-state index is 7.71. The fourth-order valence-electron chi connectivity index (χ4n) is 2.31. The van der Waals surface area contributed by atoms with Crippen LogP contribution in [-0.2, 0) is 4.74 Å².